The molecule has 0 saturated heterocycles. The highest BCUT2D eigenvalue weighted by molar-refractivity contribution is 5.88. The SMILES string of the molecule is CCOC(=O)c1cc(-c2ccccc2OC(F)(F)F)ncn1. The Hall–Kier alpha value is -2.64. The molecule has 22 heavy (non-hydrogen) atoms. The molecule has 0 spiro atoms. The lowest BCUT2D eigenvalue weighted by Gasteiger charge is -2.12. The fourth-order valence-corrected chi connectivity index (χ4v) is 1.71. The monoisotopic (exact) mass is 312 g/mol. The van der Waals surface area contributed by atoms with E-state index in [0.717, 1.165) is 12.4 Å². The van der Waals surface area contributed by atoms with Crippen molar-refractivity contribution in [3.05, 3.63) is 42.4 Å². The molecule has 0 N–H and O–H groups in total. The Kier molecular flexibility index (Phi) is 4.59. The number of hydrogen-bond acceptors (Lipinski definition) is 5. The van der Waals surface area contributed by atoms with Gasteiger partial charge in [0.15, 0.2) is 5.69 Å². The highest BCUT2D eigenvalue weighted by Gasteiger charge is 2.32. The van der Waals surface area contributed by atoms with E-state index in [-0.39, 0.29) is 23.6 Å². The number of alkyl halides is 3. The number of benzene rings is 1. The van der Waals surface area contributed by atoms with Gasteiger partial charge in [-0.3, -0.25) is 0 Å². The van der Waals surface area contributed by atoms with E-state index < -0.39 is 18.1 Å². The van der Waals surface area contributed by atoms with Crippen molar-refractivity contribution in [2.24, 2.45) is 0 Å². The molecular formula is C14H11F3N2O3. The minimum Gasteiger partial charge on any atom is -0.461 e. The van der Waals surface area contributed by atoms with Crippen LogP contribution in [0.1, 0.15) is 17.4 Å². The molecule has 0 fully saturated rings. The molecule has 0 unspecified atom stereocenters. The second-order valence-corrected chi connectivity index (χ2v) is 4.05. The molecule has 0 saturated carbocycles. The molecular weight excluding hydrogens is 301 g/mol. The fraction of sp³-hybridized carbons (Fsp3) is 0.214. The molecule has 1 aromatic heterocycles. The van der Waals surface area contributed by atoms with Gasteiger partial charge in [-0.05, 0) is 25.1 Å². The zero-order chi connectivity index (χ0) is 16.2. The van der Waals surface area contributed by atoms with E-state index in [0.29, 0.717) is 0 Å². The van der Waals surface area contributed by atoms with Gasteiger partial charge < -0.3 is 9.47 Å². The van der Waals surface area contributed by atoms with Gasteiger partial charge in [0.25, 0.3) is 0 Å². The molecule has 0 radical (unpaired) electrons. The van der Waals surface area contributed by atoms with E-state index in [1.54, 1.807) is 6.92 Å². The van der Waals surface area contributed by atoms with Crippen LogP contribution in [0, 0.1) is 0 Å². The van der Waals surface area contributed by atoms with Crippen molar-refractivity contribution in [1.29, 1.82) is 0 Å². The summed E-state index contributed by atoms with van der Waals surface area (Å²) in [5.41, 5.74) is 0.166. The summed E-state index contributed by atoms with van der Waals surface area (Å²) in [7, 11) is 0. The predicted molar refractivity (Wildman–Crippen MR) is 70.1 cm³/mol. The minimum atomic E-state index is -4.83. The van der Waals surface area contributed by atoms with E-state index in [1.165, 1.54) is 24.3 Å². The molecule has 0 aliphatic rings. The molecule has 2 rings (SSSR count). The van der Waals surface area contributed by atoms with Gasteiger partial charge in [0.2, 0.25) is 0 Å². The molecule has 0 bridgehead atoms. The molecule has 1 aromatic carbocycles. The Morgan fingerprint density at radius 1 is 1.23 bits per heavy atom. The number of aromatic nitrogens is 2. The highest BCUT2D eigenvalue weighted by Crippen LogP contribution is 2.32. The van der Waals surface area contributed by atoms with Crippen LogP contribution in [-0.2, 0) is 4.74 Å². The summed E-state index contributed by atoms with van der Waals surface area (Å²) < 4.78 is 46.0. The molecule has 0 atom stereocenters. The van der Waals surface area contributed by atoms with Gasteiger partial charge in [-0.1, -0.05) is 12.1 Å². The van der Waals surface area contributed by atoms with Gasteiger partial charge in [-0.25, -0.2) is 14.8 Å². The maximum absolute atomic E-state index is 12.4. The third kappa shape index (κ3) is 3.94. The zero-order valence-corrected chi connectivity index (χ0v) is 11.4. The molecule has 2 aromatic rings. The van der Waals surface area contributed by atoms with Crippen LogP contribution in [0.3, 0.4) is 0 Å². The van der Waals surface area contributed by atoms with Crippen molar-refractivity contribution in [3.8, 4) is 17.0 Å². The summed E-state index contributed by atoms with van der Waals surface area (Å²) in [5, 5.41) is 0. The molecule has 5 nitrogen and oxygen atoms in total. The van der Waals surface area contributed by atoms with E-state index in [2.05, 4.69) is 14.7 Å². The lowest BCUT2D eigenvalue weighted by Crippen LogP contribution is -2.17. The minimum absolute atomic E-state index is 0.0475. The van der Waals surface area contributed by atoms with Crippen LogP contribution in [0.15, 0.2) is 36.7 Å². The Morgan fingerprint density at radius 2 is 1.95 bits per heavy atom. The number of carbonyl (C=O) groups is 1. The van der Waals surface area contributed by atoms with E-state index in [4.69, 9.17) is 4.74 Å². The number of para-hydroxylation sites is 1. The number of carbonyl (C=O) groups excluding carboxylic acids is 1. The van der Waals surface area contributed by atoms with Crippen LogP contribution in [0.5, 0.6) is 5.75 Å². The smallest absolute Gasteiger partial charge is 0.461 e. The molecule has 0 amide bonds. The Labute approximate surface area is 123 Å². The summed E-state index contributed by atoms with van der Waals surface area (Å²) in [6.07, 6.45) is -3.75. The highest BCUT2D eigenvalue weighted by atomic mass is 19.4. The number of halogens is 3. The molecule has 1 heterocycles. The summed E-state index contributed by atoms with van der Waals surface area (Å²) >= 11 is 0. The van der Waals surface area contributed by atoms with E-state index in [9.17, 15) is 18.0 Å². The summed E-state index contributed by atoms with van der Waals surface area (Å²) in [4.78, 5) is 19.2. The van der Waals surface area contributed by atoms with Crippen molar-refractivity contribution < 1.29 is 27.4 Å². The predicted octanol–water partition coefficient (Wildman–Crippen LogP) is 3.22. The van der Waals surface area contributed by atoms with Crippen LogP contribution in [0.2, 0.25) is 0 Å². The third-order valence-corrected chi connectivity index (χ3v) is 2.54. The maximum Gasteiger partial charge on any atom is 0.573 e. The number of rotatable bonds is 4. The number of ether oxygens (including phenoxy) is 2. The Bertz CT molecular complexity index is 674. The number of esters is 1. The van der Waals surface area contributed by atoms with Crippen molar-refractivity contribution in [2.45, 2.75) is 13.3 Å². The Morgan fingerprint density at radius 3 is 2.64 bits per heavy atom. The van der Waals surface area contributed by atoms with Gasteiger partial charge in [0.05, 0.1) is 12.3 Å². The van der Waals surface area contributed by atoms with Crippen molar-refractivity contribution in [2.75, 3.05) is 6.61 Å². The first-order valence-electron chi connectivity index (χ1n) is 6.25. The first-order valence-corrected chi connectivity index (χ1v) is 6.25. The lowest BCUT2D eigenvalue weighted by molar-refractivity contribution is -0.274. The summed E-state index contributed by atoms with van der Waals surface area (Å²) in [5.74, 6) is -1.09. The van der Waals surface area contributed by atoms with Crippen LogP contribution < -0.4 is 4.74 Å². The molecule has 8 heteroatoms. The molecule has 0 aliphatic heterocycles. The average Bonchev–Trinajstić information content (AvgIpc) is 2.46. The van der Waals surface area contributed by atoms with Gasteiger partial charge >= 0.3 is 12.3 Å². The second kappa shape index (κ2) is 6.42. The zero-order valence-electron chi connectivity index (χ0n) is 11.4. The summed E-state index contributed by atoms with van der Waals surface area (Å²) in [6.45, 7) is 1.79. The van der Waals surface area contributed by atoms with Crippen molar-refractivity contribution in [3.63, 3.8) is 0 Å². The largest absolute Gasteiger partial charge is 0.573 e. The second-order valence-electron chi connectivity index (χ2n) is 4.05. The topological polar surface area (TPSA) is 61.3 Å². The maximum atomic E-state index is 12.4. The van der Waals surface area contributed by atoms with Crippen LogP contribution in [-0.4, -0.2) is 28.9 Å². The van der Waals surface area contributed by atoms with E-state index >= 15 is 0 Å². The number of nitrogens with zero attached hydrogens (tertiary/aromatic N) is 2. The molecule has 116 valence electrons. The standard InChI is InChI=1S/C14H11F3N2O3/c1-2-21-13(20)11-7-10(18-8-19-11)9-5-3-4-6-12(9)22-14(15,16)17/h3-8H,2H2,1H3. The third-order valence-electron chi connectivity index (χ3n) is 2.54. The van der Waals surface area contributed by atoms with Crippen molar-refractivity contribution >= 4 is 5.97 Å². The Balaban J connectivity index is 2.40. The number of hydrogen-bond donors (Lipinski definition) is 0. The average molecular weight is 312 g/mol. The fourth-order valence-electron chi connectivity index (χ4n) is 1.71. The normalized spacial score (nSPS) is 11.1. The van der Waals surface area contributed by atoms with Crippen LogP contribution in [0.4, 0.5) is 13.2 Å². The van der Waals surface area contributed by atoms with Gasteiger partial charge in [-0.15, -0.1) is 13.2 Å². The van der Waals surface area contributed by atoms with Gasteiger partial charge in [-0.2, -0.15) is 0 Å². The van der Waals surface area contributed by atoms with E-state index in [1.807, 2.05) is 0 Å². The first-order chi connectivity index (χ1) is 10.4. The van der Waals surface area contributed by atoms with Crippen molar-refractivity contribution in [1.82, 2.24) is 9.97 Å². The van der Waals surface area contributed by atoms with Gasteiger partial charge in [0, 0.05) is 5.56 Å². The summed E-state index contributed by atoms with van der Waals surface area (Å²) in [6, 6.07) is 6.74. The molecule has 0 aliphatic carbocycles. The lowest BCUT2D eigenvalue weighted by atomic mass is 10.1. The first kappa shape index (κ1) is 15.7. The van der Waals surface area contributed by atoms with Crippen LogP contribution in [0.25, 0.3) is 11.3 Å². The van der Waals surface area contributed by atoms with Gasteiger partial charge in [0.1, 0.15) is 12.1 Å². The quantitative estimate of drug-likeness (QED) is 0.811. The van der Waals surface area contributed by atoms with Crippen LogP contribution >= 0.6 is 0 Å².